The number of benzene rings is 1. The SMILES string of the molecule is O=C(Cc1ccc(Cl)cc1)NNC(=O)C1CCCCC1C(=O)O. The van der Waals surface area contributed by atoms with E-state index < -0.39 is 23.7 Å². The van der Waals surface area contributed by atoms with Crippen LogP contribution in [0.25, 0.3) is 0 Å². The molecule has 1 saturated carbocycles. The summed E-state index contributed by atoms with van der Waals surface area (Å²) in [6.45, 7) is 0. The summed E-state index contributed by atoms with van der Waals surface area (Å²) < 4.78 is 0. The second-order valence-electron chi connectivity index (χ2n) is 5.68. The number of rotatable bonds is 4. The quantitative estimate of drug-likeness (QED) is 0.731. The summed E-state index contributed by atoms with van der Waals surface area (Å²) in [6.07, 6.45) is 2.75. The zero-order valence-corrected chi connectivity index (χ0v) is 13.3. The number of hydrogen-bond acceptors (Lipinski definition) is 3. The number of carboxylic acids is 1. The fourth-order valence-electron chi connectivity index (χ4n) is 2.80. The maximum Gasteiger partial charge on any atom is 0.307 e. The van der Waals surface area contributed by atoms with Crippen molar-refractivity contribution < 1.29 is 19.5 Å². The van der Waals surface area contributed by atoms with Crippen LogP contribution in [0.3, 0.4) is 0 Å². The second kappa shape index (κ2) is 7.97. The second-order valence-corrected chi connectivity index (χ2v) is 6.11. The molecule has 0 heterocycles. The third-order valence-corrected chi connectivity index (χ3v) is 4.27. The molecule has 0 aromatic heterocycles. The molecule has 7 heteroatoms. The predicted molar refractivity (Wildman–Crippen MR) is 84.5 cm³/mol. The Kier molecular flexibility index (Phi) is 5.98. The van der Waals surface area contributed by atoms with Crippen molar-refractivity contribution in [3.8, 4) is 0 Å². The summed E-state index contributed by atoms with van der Waals surface area (Å²) in [5, 5.41) is 9.76. The monoisotopic (exact) mass is 338 g/mol. The van der Waals surface area contributed by atoms with Crippen molar-refractivity contribution >= 4 is 29.4 Å². The van der Waals surface area contributed by atoms with Crippen molar-refractivity contribution in [2.75, 3.05) is 0 Å². The van der Waals surface area contributed by atoms with Crippen molar-refractivity contribution in [2.24, 2.45) is 11.8 Å². The van der Waals surface area contributed by atoms with E-state index in [4.69, 9.17) is 11.6 Å². The van der Waals surface area contributed by atoms with Gasteiger partial charge in [-0.1, -0.05) is 36.6 Å². The van der Waals surface area contributed by atoms with Gasteiger partial charge in [0.15, 0.2) is 0 Å². The van der Waals surface area contributed by atoms with Crippen LogP contribution in [-0.2, 0) is 20.8 Å². The molecule has 2 unspecified atom stereocenters. The lowest BCUT2D eigenvalue weighted by molar-refractivity contribution is -0.149. The Morgan fingerprint density at radius 1 is 1.04 bits per heavy atom. The highest BCUT2D eigenvalue weighted by Crippen LogP contribution is 2.30. The molecule has 2 atom stereocenters. The summed E-state index contributed by atoms with van der Waals surface area (Å²) in [6, 6.07) is 6.82. The third-order valence-electron chi connectivity index (χ3n) is 4.02. The van der Waals surface area contributed by atoms with E-state index in [9.17, 15) is 19.5 Å². The van der Waals surface area contributed by atoms with Crippen molar-refractivity contribution in [2.45, 2.75) is 32.1 Å². The number of amides is 2. The largest absolute Gasteiger partial charge is 0.481 e. The zero-order valence-electron chi connectivity index (χ0n) is 12.5. The summed E-state index contributed by atoms with van der Waals surface area (Å²) in [7, 11) is 0. The van der Waals surface area contributed by atoms with E-state index in [0.717, 1.165) is 18.4 Å². The van der Waals surface area contributed by atoms with Gasteiger partial charge >= 0.3 is 5.97 Å². The van der Waals surface area contributed by atoms with E-state index in [1.165, 1.54) is 0 Å². The molecule has 0 bridgehead atoms. The van der Waals surface area contributed by atoms with Crippen LogP contribution in [0, 0.1) is 11.8 Å². The van der Waals surface area contributed by atoms with Gasteiger partial charge in [-0.05, 0) is 30.5 Å². The average molecular weight is 339 g/mol. The average Bonchev–Trinajstić information content (AvgIpc) is 2.54. The van der Waals surface area contributed by atoms with Gasteiger partial charge in [-0.2, -0.15) is 0 Å². The maximum absolute atomic E-state index is 12.1. The van der Waals surface area contributed by atoms with Crippen LogP contribution in [0.2, 0.25) is 5.02 Å². The van der Waals surface area contributed by atoms with Gasteiger partial charge in [0.1, 0.15) is 0 Å². The third kappa shape index (κ3) is 4.96. The molecule has 1 aliphatic carbocycles. The molecule has 2 amide bonds. The molecule has 3 N–H and O–H groups in total. The minimum Gasteiger partial charge on any atom is -0.481 e. The van der Waals surface area contributed by atoms with Crippen LogP contribution in [0.4, 0.5) is 0 Å². The molecule has 1 aromatic carbocycles. The molecular weight excluding hydrogens is 320 g/mol. The van der Waals surface area contributed by atoms with Gasteiger partial charge in [-0.3, -0.25) is 25.2 Å². The number of hydrogen-bond donors (Lipinski definition) is 3. The molecule has 1 aromatic rings. The van der Waals surface area contributed by atoms with Crippen molar-refractivity contribution in [3.05, 3.63) is 34.9 Å². The molecule has 1 aliphatic rings. The van der Waals surface area contributed by atoms with Crippen LogP contribution < -0.4 is 10.9 Å². The maximum atomic E-state index is 12.1. The molecule has 2 rings (SSSR count). The molecule has 1 fully saturated rings. The lowest BCUT2D eigenvalue weighted by Gasteiger charge is -2.27. The number of carboxylic acid groups (broad SMARTS) is 1. The zero-order chi connectivity index (χ0) is 16.8. The van der Waals surface area contributed by atoms with Gasteiger partial charge in [-0.25, -0.2) is 0 Å². The van der Waals surface area contributed by atoms with Crippen LogP contribution in [0.15, 0.2) is 24.3 Å². The van der Waals surface area contributed by atoms with Crippen LogP contribution in [0.5, 0.6) is 0 Å². The van der Waals surface area contributed by atoms with E-state index in [2.05, 4.69) is 10.9 Å². The van der Waals surface area contributed by atoms with Gasteiger partial charge < -0.3 is 5.11 Å². The first-order valence-corrected chi connectivity index (χ1v) is 7.91. The Labute approximate surface area is 139 Å². The van der Waals surface area contributed by atoms with Gasteiger partial charge in [0.05, 0.1) is 18.3 Å². The highest BCUT2D eigenvalue weighted by Gasteiger charge is 2.35. The molecule has 0 saturated heterocycles. The normalized spacial score (nSPS) is 20.6. The smallest absolute Gasteiger partial charge is 0.307 e. The predicted octanol–water partition coefficient (Wildman–Crippen LogP) is 1.92. The van der Waals surface area contributed by atoms with Crippen LogP contribution in [-0.4, -0.2) is 22.9 Å². The summed E-state index contributed by atoms with van der Waals surface area (Å²) in [5.41, 5.74) is 5.44. The molecule has 0 aliphatic heterocycles. The molecule has 6 nitrogen and oxygen atoms in total. The molecule has 0 radical (unpaired) electrons. The molecule has 0 spiro atoms. The summed E-state index contributed by atoms with van der Waals surface area (Å²) >= 11 is 5.77. The fourth-order valence-corrected chi connectivity index (χ4v) is 2.92. The Morgan fingerprint density at radius 2 is 1.65 bits per heavy atom. The van der Waals surface area contributed by atoms with E-state index in [-0.39, 0.29) is 12.3 Å². The minimum atomic E-state index is -0.961. The van der Waals surface area contributed by atoms with Gasteiger partial charge in [0.25, 0.3) is 0 Å². The Hall–Kier alpha value is -2.08. The Bertz CT molecular complexity index is 588. The lowest BCUT2D eigenvalue weighted by atomic mass is 9.79. The van der Waals surface area contributed by atoms with E-state index in [1.807, 2.05) is 0 Å². The number of halogens is 1. The van der Waals surface area contributed by atoms with Crippen LogP contribution >= 0.6 is 11.6 Å². The van der Waals surface area contributed by atoms with E-state index >= 15 is 0 Å². The molecule has 23 heavy (non-hydrogen) atoms. The highest BCUT2D eigenvalue weighted by molar-refractivity contribution is 6.30. The van der Waals surface area contributed by atoms with E-state index in [1.54, 1.807) is 24.3 Å². The first kappa shape index (κ1) is 17.3. The summed E-state index contributed by atoms with van der Waals surface area (Å²) in [5.74, 6) is -3.06. The first-order valence-electron chi connectivity index (χ1n) is 7.53. The number of aliphatic carboxylic acids is 1. The van der Waals surface area contributed by atoms with Crippen LogP contribution in [0.1, 0.15) is 31.2 Å². The lowest BCUT2D eigenvalue weighted by Crippen LogP contribution is -2.48. The minimum absolute atomic E-state index is 0.102. The van der Waals surface area contributed by atoms with Crippen molar-refractivity contribution in [1.82, 2.24) is 10.9 Å². The fraction of sp³-hybridized carbons (Fsp3) is 0.438. The number of carbonyl (C=O) groups excluding carboxylic acids is 2. The van der Waals surface area contributed by atoms with Gasteiger partial charge in [0, 0.05) is 5.02 Å². The topological polar surface area (TPSA) is 95.5 Å². The van der Waals surface area contributed by atoms with Crippen molar-refractivity contribution in [3.63, 3.8) is 0 Å². The molecular formula is C16H19ClN2O4. The Morgan fingerprint density at radius 3 is 2.26 bits per heavy atom. The Balaban J connectivity index is 1.84. The highest BCUT2D eigenvalue weighted by atomic mass is 35.5. The summed E-state index contributed by atoms with van der Waals surface area (Å²) in [4.78, 5) is 35.1. The molecule has 124 valence electrons. The number of hydrazine groups is 1. The van der Waals surface area contributed by atoms with Gasteiger partial charge in [0.2, 0.25) is 11.8 Å². The standard InChI is InChI=1S/C16H19ClN2O4/c17-11-7-5-10(6-8-11)9-14(20)18-19-15(21)12-3-1-2-4-13(12)16(22)23/h5-8,12-13H,1-4,9H2,(H,18,20)(H,19,21)(H,22,23). The first-order chi connectivity index (χ1) is 11.0. The van der Waals surface area contributed by atoms with E-state index in [0.29, 0.717) is 17.9 Å². The number of nitrogens with one attached hydrogen (secondary N) is 2. The van der Waals surface area contributed by atoms with Crippen molar-refractivity contribution in [1.29, 1.82) is 0 Å². The van der Waals surface area contributed by atoms with Gasteiger partial charge in [-0.15, -0.1) is 0 Å². The number of carbonyl (C=O) groups is 3.